The summed E-state index contributed by atoms with van der Waals surface area (Å²) in [5.74, 6) is 0.541. The Balaban J connectivity index is 1.65. The number of nitrogens with one attached hydrogen (secondary N) is 2. The zero-order valence-corrected chi connectivity index (χ0v) is 14.9. The molecule has 1 aliphatic rings. The first-order valence-electron chi connectivity index (χ1n) is 9.03. The smallest absolute Gasteiger partial charge is 0.315 e. The van der Waals surface area contributed by atoms with Gasteiger partial charge >= 0.3 is 6.03 Å². The zero-order valence-electron chi connectivity index (χ0n) is 14.9. The number of carbonyl (C=O) groups is 1. The lowest BCUT2D eigenvalue weighted by atomic mass is 9.96. The van der Waals surface area contributed by atoms with Crippen molar-refractivity contribution in [2.45, 2.75) is 45.7 Å². The maximum atomic E-state index is 11.8. The third-order valence-corrected chi connectivity index (χ3v) is 4.83. The highest BCUT2D eigenvalue weighted by molar-refractivity contribution is 5.74. The molecule has 5 heteroatoms. The van der Waals surface area contributed by atoms with E-state index in [1.165, 1.54) is 11.1 Å². The molecule has 1 atom stereocenters. The first-order chi connectivity index (χ1) is 11.6. The number of hydrogen-bond donors (Lipinski definition) is 3. The quantitative estimate of drug-likeness (QED) is 0.717. The molecule has 24 heavy (non-hydrogen) atoms. The molecular weight excluding hydrogens is 302 g/mol. The van der Waals surface area contributed by atoms with Gasteiger partial charge < -0.3 is 15.7 Å². The molecule has 1 saturated heterocycles. The van der Waals surface area contributed by atoms with Crippen molar-refractivity contribution in [1.82, 2.24) is 15.5 Å². The molecule has 1 fully saturated rings. The van der Waals surface area contributed by atoms with Gasteiger partial charge in [-0.15, -0.1) is 0 Å². The Morgan fingerprint density at radius 3 is 2.54 bits per heavy atom. The summed E-state index contributed by atoms with van der Waals surface area (Å²) in [4.78, 5) is 14.3. The number of carbonyl (C=O) groups excluding carboxylic acids is 1. The Kier molecular flexibility index (Phi) is 7.53. The number of likely N-dealkylation sites (tertiary alicyclic amines) is 1. The second-order valence-corrected chi connectivity index (χ2v) is 6.85. The fourth-order valence-electron chi connectivity index (χ4n) is 3.05. The Hall–Kier alpha value is -1.59. The van der Waals surface area contributed by atoms with Gasteiger partial charge in [0.1, 0.15) is 0 Å². The van der Waals surface area contributed by atoms with Crippen molar-refractivity contribution in [1.29, 1.82) is 0 Å². The van der Waals surface area contributed by atoms with Crippen molar-refractivity contribution in [3.05, 3.63) is 35.4 Å². The average molecular weight is 333 g/mol. The fourth-order valence-corrected chi connectivity index (χ4v) is 3.05. The Morgan fingerprint density at radius 2 is 1.96 bits per heavy atom. The number of urea groups is 1. The van der Waals surface area contributed by atoms with Gasteiger partial charge in [-0.25, -0.2) is 4.79 Å². The van der Waals surface area contributed by atoms with Crippen molar-refractivity contribution in [2.75, 3.05) is 26.2 Å². The van der Waals surface area contributed by atoms with Crippen LogP contribution in [0, 0.1) is 12.8 Å². The van der Waals surface area contributed by atoms with E-state index in [0.29, 0.717) is 12.5 Å². The summed E-state index contributed by atoms with van der Waals surface area (Å²) in [6, 6.07) is 8.43. The monoisotopic (exact) mass is 333 g/mol. The van der Waals surface area contributed by atoms with Crippen molar-refractivity contribution < 1.29 is 9.90 Å². The first kappa shape index (κ1) is 18.7. The SMILES string of the molecule is CCC(CO)NC(=O)NCC1CCN(Cc2ccc(C)cc2)CC1. The number of aliphatic hydroxyl groups is 1. The molecule has 0 aromatic heterocycles. The normalized spacial score (nSPS) is 17.5. The Bertz CT molecular complexity index is 492. The van der Waals surface area contributed by atoms with E-state index in [2.05, 4.69) is 46.7 Å². The molecule has 1 aromatic carbocycles. The van der Waals surface area contributed by atoms with Crippen LogP contribution in [0.25, 0.3) is 0 Å². The molecule has 2 amide bonds. The molecule has 1 heterocycles. The molecule has 134 valence electrons. The van der Waals surface area contributed by atoms with Gasteiger partial charge in [-0.05, 0) is 50.8 Å². The standard InChI is InChI=1S/C19H31N3O2/c1-3-18(14-23)21-19(24)20-12-16-8-10-22(11-9-16)13-17-6-4-15(2)5-7-17/h4-7,16,18,23H,3,8-14H2,1-2H3,(H2,20,21,24). The predicted molar refractivity (Wildman–Crippen MR) is 96.9 cm³/mol. The fraction of sp³-hybridized carbons (Fsp3) is 0.632. The second-order valence-electron chi connectivity index (χ2n) is 6.85. The van der Waals surface area contributed by atoms with Gasteiger partial charge in [0.05, 0.1) is 12.6 Å². The minimum absolute atomic E-state index is 0.0126. The van der Waals surface area contributed by atoms with Crippen LogP contribution < -0.4 is 10.6 Å². The lowest BCUT2D eigenvalue weighted by Gasteiger charge is -2.32. The Labute approximate surface area is 145 Å². The molecule has 1 aliphatic heterocycles. The first-order valence-corrected chi connectivity index (χ1v) is 9.03. The zero-order chi connectivity index (χ0) is 17.4. The molecule has 0 saturated carbocycles. The van der Waals surface area contributed by atoms with Crippen LogP contribution in [-0.4, -0.2) is 48.3 Å². The van der Waals surface area contributed by atoms with Crippen LogP contribution in [0.5, 0.6) is 0 Å². The number of amides is 2. The van der Waals surface area contributed by atoms with Crippen LogP contribution in [0.2, 0.25) is 0 Å². The largest absolute Gasteiger partial charge is 0.394 e. The number of benzene rings is 1. The van der Waals surface area contributed by atoms with E-state index in [0.717, 1.165) is 38.9 Å². The van der Waals surface area contributed by atoms with Gasteiger partial charge in [-0.2, -0.15) is 0 Å². The van der Waals surface area contributed by atoms with Crippen LogP contribution in [0.1, 0.15) is 37.3 Å². The summed E-state index contributed by atoms with van der Waals surface area (Å²) in [7, 11) is 0. The average Bonchev–Trinajstić information content (AvgIpc) is 2.61. The molecule has 5 nitrogen and oxygen atoms in total. The highest BCUT2D eigenvalue weighted by Gasteiger charge is 2.20. The topological polar surface area (TPSA) is 64.6 Å². The lowest BCUT2D eigenvalue weighted by molar-refractivity contribution is 0.173. The minimum Gasteiger partial charge on any atom is -0.394 e. The second kappa shape index (κ2) is 9.64. The number of aliphatic hydroxyl groups excluding tert-OH is 1. The van der Waals surface area contributed by atoms with E-state index in [4.69, 9.17) is 5.11 Å². The lowest BCUT2D eigenvalue weighted by Crippen LogP contribution is -2.46. The van der Waals surface area contributed by atoms with Gasteiger partial charge in [-0.3, -0.25) is 4.90 Å². The van der Waals surface area contributed by atoms with Crippen LogP contribution in [0.4, 0.5) is 4.79 Å². The molecule has 2 rings (SSSR count). The third-order valence-electron chi connectivity index (χ3n) is 4.83. The van der Waals surface area contributed by atoms with Crippen LogP contribution in [0.15, 0.2) is 24.3 Å². The summed E-state index contributed by atoms with van der Waals surface area (Å²) in [5.41, 5.74) is 2.67. The molecule has 3 N–H and O–H groups in total. The minimum atomic E-state index is -0.169. The van der Waals surface area contributed by atoms with E-state index in [1.807, 2.05) is 6.92 Å². The molecule has 1 unspecified atom stereocenters. The van der Waals surface area contributed by atoms with Crippen molar-refractivity contribution >= 4 is 6.03 Å². The molecule has 1 aromatic rings. The number of aryl methyl sites for hydroxylation is 1. The van der Waals surface area contributed by atoms with E-state index < -0.39 is 0 Å². The van der Waals surface area contributed by atoms with Crippen molar-refractivity contribution in [3.63, 3.8) is 0 Å². The maximum Gasteiger partial charge on any atom is 0.315 e. The van der Waals surface area contributed by atoms with Crippen LogP contribution in [0.3, 0.4) is 0 Å². The summed E-state index contributed by atoms with van der Waals surface area (Å²) < 4.78 is 0. The van der Waals surface area contributed by atoms with Crippen molar-refractivity contribution in [3.8, 4) is 0 Å². The van der Waals surface area contributed by atoms with Gasteiger partial charge in [0.15, 0.2) is 0 Å². The van der Waals surface area contributed by atoms with Gasteiger partial charge in [0.25, 0.3) is 0 Å². The molecule has 0 spiro atoms. The number of piperidine rings is 1. The predicted octanol–water partition coefficient (Wildman–Crippen LogP) is 2.28. The highest BCUT2D eigenvalue weighted by atomic mass is 16.3. The van der Waals surface area contributed by atoms with E-state index in [-0.39, 0.29) is 18.7 Å². The third kappa shape index (κ3) is 6.13. The molecule has 0 radical (unpaired) electrons. The maximum absolute atomic E-state index is 11.8. The van der Waals surface area contributed by atoms with E-state index >= 15 is 0 Å². The summed E-state index contributed by atoms with van der Waals surface area (Å²) in [6.45, 7) is 7.93. The number of hydrogen-bond acceptors (Lipinski definition) is 3. The van der Waals surface area contributed by atoms with E-state index in [1.54, 1.807) is 0 Å². The summed E-state index contributed by atoms with van der Waals surface area (Å²) in [5, 5.41) is 14.8. The van der Waals surface area contributed by atoms with Crippen LogP contribution in [-0.2, 0) is 6.54 Å². The number of nitrogens with zero attached hydrogens (tertiary/aromatic N) is 1. The van der Waals surface area contributed by atoms with Gasteiger partial charge in [-0.1, -0.05) is 36.8 Å². The summed E-state index contributed by atoms with van der Waals surface area (Å²) >= 11 is 0. The van der Waals surface area contributed by atoms with Crippen molar-refractivity contribution in [2.24, 2.45) is 5.92 Å². The van der Waals surface area contributed by atoms with E-state index in [9.17, 15) is 4.79 Å². The van der Waals surface area contributed by atoms with Crippen LogP contribution >= 0.6 is 0 Å². The highest BCUT2D eigenvalue weighted by Crippen LogP contribution is 2.18. The van der Waals surface area contributed by atoms with Gasteiger partial charge in [0.2, 0.25) is 0 Å². The summed E-state index contributed by atoms with van der Waals surface area (Å²) in [6.07, 6.45) is 2.97. The molecule has 0 aliphatic carbocycles. The molecule has 0 bridgehead atoms. The van der Waals surface area contributed by atoms with Gasteiger partial charge in [0, 0.05) is 13.1 Å². The molecular formula is C19H31N3O2. The Morgan fingerprint density at radius 1 is 1.29 bits per heavy atom. The number of rotatable bonds is 7.